The van der Waals surface area contributed by atoms with Crippen LogP contribution in [0.3, 0.4) is 0 Å². The van der Waals surface area contributed by atoms with Gasteiger partial charge in [0.05, 0.1) is 0 Å². The first kappa shape index (κ1) is 13.1. The van der Waals surface area contributed by atoms with Crippen LogP contribution in [0.5, 0.6) is 0 Å². The molecule has 2 heterocycles. The average molecular weight is 262 g/mol. The average Bonchev–Trinajstić information content (AvgIpc) is 2.29. The molecule has 0 unspecified atom stereocenters. The summed E-state index contributed by atoms with van der Waals surface area (Å²) in [6.07, 6.45) is 2.90. The molecule has 0 atom stereocenters. The van der Waals surface area contributed by atoms with Gasteiger partial charge in [-0.15, -0.1) is 0 Å². The van der Waals surface area contributed by atoms with Crippen LogP contribution in [0.1, 0.15) is 19.4 Å². The number of hydrogen-bond donors (Lipinski definition) is 1. The number of nitrogens with zero attached hydrogens (tertiary/aromatic N) is 1. The van der Waals surface area contributed by atoms with E-state index in [0.29, 0.717) is 5.82 Å². The first-order valence-electron chi connectivity index (χ1n) is 5.73. The van der Waals surface area contributed by atoms with Gasteiger partial charge in [0.25, 0.3) is 5.79 Å². The lowest BCUT2D eigenvalue weighted by atomic mass is 10.2. The van der Waals surface area contributed by atoms with Gasteiger partial charge in [-0.25, -0.2) is 14.6 Å². The van der Waals surface area contributed by atoms with E-state index in [2.05, 4.69) is 10.3 Å². The van der Waals surface area contributed by atoms with Crippen LogP contribution in [0.2, 0.25) is 0 Å². The van der Waals surface area contributed by atoms with Gasteiger partial charge in [0, 0.05) is 26.2 Å². The summed E-state index contributed by atoms with van der Waals surface area (Å²) in [6.45, 7) is 4.90. The van der Waals surface area contributed by atoms with Gasteiger partial charge in [-0.2, -0.15) is 0 Å². The lowest BCUT2D eigenvalue weighted by molar-refractivity contribution is -0.222. The summed E-state index contributed by atoms with van der Waals surface area (Å²) in [5.41, 5.74) is 0.818. The number of aromatic nitrogens is 1. The Morgan fingerprint density at radius 1 is 1.21 bits per heavy atom. The monoisotopic (exact) mass is 262 g/mol. The molecule has 0 amide bonds. The van der Waals surface area contributed by atoms with Crippen molar-refractivity contribution in [1.82, 2.24) is 4.98 Å². The molecule has 0 aliphatic carbocycles. The Balaban J connectivity index is 2.13. The molecule has 1 aliphatic heterocycles. The van der Waals surface area contributed by atoms with Gasteiger partial charge in [0.2, 0.25) is 0 Å². The van der Waals surface area contributed by atoms with Gasteiger partial charge in [-0.1, -0.05) is 6.07 Å². The minimum atomic E-state index is -1.23. The van der Waals surface area contributed by atoms with Crippen LogP contribution in [-0.2, 0) is 19.1 Å². The van der Waals surface area contributed by atoms with Crippen molar-refractivity contribution in [2.75, 3.05) is 5.32 Å². The Bertz CT molecular complexity index is 524. The standard InChI is InChI=1S/C13H14N2O4/c1-8-4-5-10(14-6-8)15-7-9-11(16)18-13(2,3)19-12(9)17/h4-7H,1-3H3,(H,14,15). The quantitative estimate of drug-likeness (QED) is 0.494. The van der Waals surface area contributed by atoms with E-state index in [9.17, 15) is 9.59 Å². The van der Waals surface area contributed by atoms with E-state index in [1.807, 2.05) is 13.0 Å². The van der Waals surface area contributed by atoms with Gasteiger partial charge in [0.1, 0.15) is 5.82 Å². The van der Waals surface area contributed by atoms with E-state index >= 15 is 0 Å². The number of pyridine rings is 1. The second-order valence-corrected chi connectivity index (χ2v) is 4.60. The van der Waals surface area contributed by atoms with Crippen LogP contribution in [0.4, 0.5) is 5.82 Å². The summed E-state index contributed by atoms with van der Waals surface area (Å²) in [6, 6.07) is 3.59. The van der Waals surface area contributed by atoms with Crippen molar-refractivity contribution in [2.24, 2.45) is 0 Å². The zero-order chi connectivity index (χ0) is 14.0. The van der Waals surface area contributed by atoms with Crippen LogP contribution >= 0.6 is 0 Å². The van der Waals surface area contributed by atoms with E-state index in [-0.39, 0.29) is 5.57 Å². The van der Waals surface area contributed by atoms with Gasteiger partial charge in [-0.3, -0.25) is 0 Å². The molecule has 1 aromatic rings. The van der Waals surface area contributed by atoms with E-state index in [1.165, 1.54) is 20.0 Å². The highest BCUT2D eigenvalue weighted by molar-refractivity contribution is 6.15. The Kier molecular flexibility index (Phi) is 3.25. The summed E-state index contributed by atoms with van der Waals surface area (Å²) in [7, 11) is 0. The van der Waals surface area contributed by atoms with Crippen molar-refractivity contribution in [3.05, 3.63) is 35.7 Å². The molecule has 1 N–H and O–H groups in total. The van der Waals surface area contributed by atoms with Gasteiger partial charge >= 0.3 is 11.9 Å². The lowest BCUT2D eigenvalue weighted by Gasteiger charge is -2.29. The molecule has 0 bridgehead atoms. The van der Waals surface area contributed by atoms with Crippen molar-refractivity contribution in [3.63, 3.8) is 0 Å². The maximum absolute atomic E-state index is 11.6. The molecule has 0 saturated carbocycles. The third kappa shape index (κ3) is 3.09. The molecule has 1 fully saturated rings. The molecule has 1 aliphatic rings. The van der Waals surface area contributed by atoms with E-state index < -0.39 is 17.7 Å². The molecule has 1 saturated heterocycles. The zero-order valence-electron chi connectivity index (χ0n) is 10.9. The molecule has 2 rings (SSSR count). The number of anilines is 1. The Hall–Kier alpha value is -2.37. The third-order valence-corrected chi connectivity index (χ3v) is 2.39. The molecule has 0 spiro atoms. The molecule has 0 radical (unpaired) electrons. The molecule has 0 aromatic carbocycles. The topological polar surface area (TPSA) is 77.5 Å². The van der Waals surface area contributed by atoms with E-state index in [4.69, 9.17) is 9.47 Å². The molecule has 1 aromatic heterocycles. The number of esters is 2. The summed E-state index contributed by atoms with van der Waals surface area (Å²) in [4.78, 5) is 27.4. The summed E-state index contributed by atoms with van der Waals surface area (Å²) < 4.78 is 9.91. The van der Waals surface area contributed by atoms with E-state index in [1.54, 1.807) is 12.3 Å². The number of hydrogen-bond acceptors (Lipinski definition) is 6. The molecule has 6 heteroatoms. The van der Waals surface area contributed by atoms with Gasteiger partial charge < -0.3 is 14.8 Å². The number of ether oxygens (including phenoxy) is 2. The fraction of sp³-hybridized carbons (Fsp3) is 0.308. The molecular formula is C13H14N2O4. The number of cyclic esters (lactones) is 2. The smallest absolute Gasteiger partial charge is 0.350 e. The lowest BCUT2D eigenvalue weighted by Crippen LogP contribution is -2.42. The first-order chi connectivity index (χ1) is 8.87. The maximum Gasteiger partial charge on any atom is 0.350 e. The van der Waals surface area contributed by atoms with Crippen molar-refractivity contribution in [2.45, 2.75) is 26.6 Å². The predicted molar refractivity (Wildman–Crippen MR) is 66.9 cm³/mol. The highest BCUT2D eigenvalue weighted by Gasteiger charge is 2.38. The SMILES string of the molecule is Cc1ccc(NC=C2C(=O)OC(C)(C)OC2=O)nc1. The first-order valence-corrected chi connectivity index (χ1v) is 5.73. The van der Waals surface area contributed by atoms with Crippen molar-refractivity contribution >= 4 is 17.8 Å². The normalized spacial score (nSPS) is 17.5. The zero-order valence-corrected chi connectivity index (χ0v) is 10.9. The van der Waals surface area contributed by atoms with Crippen molar-refractivity contribution in [1.29, 1.82) is 0 Å². The number of carbonyl (C=O) groups is 2. The second-order valence-electron chi connectivity index (χ2n) is 4.60. The van der Waals surface area contributed by atoms with Crippen LogP contribution in [0, 0.1) is 6.92 Å². The Morgan fingerprint density at radius 2 is 1.84 bits per heavy atom. The summed E-state index contributed by atoms with van der Waals surface area (Å²) in [5.74, 6) is -2.15. The van der Waals surface area contributed by atoms with Crippen LogP contribution in [0.25, 0.3) is 0 Å². The predicted octanol–water partition coefficient (Wildman–Crippen LogP) is 1.52. The largest absolute Gasteiger partial charge is 0.419 e. The Labute approximate surface area is 110 Å². The van der Waals surface area contributed by atoms with Crippen LogP contribution in [-0.4, -0.2) is 22.7 Å². The molecule has 100 valence electrons. The number of aryl methyl sites for hydroxylation is 1. The second kappa shape index (κ2) is 4.72. The molecule has 19 heavy (non-hydrogen) atoms. The number of nitrogens with one attached hydrogen (secondary N) is 1. The van der Waals surface area contributed by atoms with Crippen molar-refractivity contribution < 1.29 is 19.1 Å². The van der Waals surface area contributed by atoms with Crippen LogP contribution < -0.4 is 5.32 Å². The summed E-state index contributed by atoms with van der Waals surface area (Å²) >= 11 is 0. The minimum absolute atomic E-state index is 0.193. The maximum atomic E-state index is 11.6. The van der Waals surface area contributed by atoms with Crippen molar-refractivity contribution in [3.8, 4) is 0 Å². The number of carbonyl (C=O) groups excluding carboxylic acids is 2. The van der Waals surface area contributed by atoms with Gasteiger partial charge in [-0.05, 0) is 18.6 Å². The Morgan fingerprint density at radius 3 is 2.37 bits per heavy atom. The highest BCUT2D eigenvalue weighted by atomic mass is 16.7. The fourth-order valence-electron chi connectivity index (χ4n) is 1.48. The van der Waals surface area contributed by atoms with Crippen LogP contribution in [0.15, 0.2) is 30.1 Å². The minimum Gasteiger partial charge on any atom is -0.419 e. The van der Waals surface area contributed by atoms with Gasteiger partial charge in [0.15, 0.2) is 5.57 Å². The highest BCUT2D eigenvalue weighted by Crippen LogP contribution is 2.22. The molecular weight excluding hydrogens is 248 g/mol. The third-order valence-electron chi connectivity index (χ3n) is 2.39. The molecule has 6 nitrogen and oxygen atoms in total. The summed E-state index contributed by atoms with van der Waals surface area (Å²) in [5, 5.41) is 2.75. The fourth-order valence-corrected chi connectivity index (χ4v) is 1.48. The number of rotatable bonds is 2. The van der Waals surface area contributed by atoms with E-state index in [0.717, 1.165) is 5.56 Å².